The van der Waals surface area contributed by atoms with E-state index in [1.807, 2.05) is 165 Å². The minimum atomic E-state index is -3.27. The Morgan fingerprint density at radius 3 is 1.57 bits per heavy atom. The summed E-state index contributed by atoms with van der Waals surface area (Å²) in [6.45, 7) is 12.8. The fourth-order valence-corrected chi connectivity index (χ4v) is 15.4. The summed E-state index contributed by atoms with van der Waals surface area (Å²) in [6, 6.07) is 64.8. The minimum Gasteiger partial charge on any atom is -0.497 e. The maximum atomic E-state index is 14.4. The van der Waals surface area contributed by atoms with Gasteiger partial charge in [-0.15, -0.1) is 6.58 Å². The summed E-state index contributed by atoms with van der Waals surface area (Å²) in [5.74, 6) is 0.0398. The van der Waals surface area contributed by atoms with Gasteiger partial charge in [0, 0.05) is 4.91 Å². The summed E-state index contributed by atoms with van der Waals surface area (Å²) in [7, 11) is -1.66. The smallest absolute Gasteiger partial charge is 0.338 e. The highest BCUT2D eigenvalue weighted by atomic mass is 28.4. The molecule has 0 saturated carbocycles. The van der Waals surface area contributed by atoms with Gasteiger partial charge in [0.1, 0.15) is 48.4 Å². The van der Waals surface area contributed by atoms with Crippen molar-refractivity contribution in [3.8, 4) is 5.75 Å². The highest BCUT2D eigenvalue weighted by Gasteiger charge is 2.57. The maximum absolute atomic E-state index is 14.4. The second-order valence-electron chi connectivity index (χ2n) is 21.8. The van der Waals surface area contributed by atoms with Gasteiger partial charge in [0.05, 0.1) is 58.4 Å². The Morgan fingerprint density at radius 1 is 0.595 bits per heavy atom. The van der Waals surface area contributed by atoms with E-state index < -0.39 is 86.8 Å². The number of esters is 1. The lowest BCUT2D eigenvalue weighted by molar-refractivity contribution is -0.356. The number of hydrogen-bond acceptors (Lipinski definition) is 13. The molecular weight excluding hydrogens is 1080 g/mol. The predicted octanol–water partition coefficient (Wildman–Crippen LogP) is 11.9. The quantitative estimate of drug-likeness (QED) is 0.0120. The molecule has 2 aliphatic heterocycles. The van der Waals surface area contributed by atoms with E-state index in [0.29, 0.717) is 11.3 Å². The summed E-state index contributed by atoms with van der Waals surface area (Å²) in [5.41, 5.74) is 14.5. The van der Waals surface area contributed by atoms with E-state index in [1.54, 1.807) is 37.5 Å². The fourth-order valence-electron chi connectivity index (χ4n) is 10.8. The van der Waals surface area contributed by atoms with Crippen LogP contribution in [0.3, 0.4) is 0 Å². The molecule has 0 radical (unpaired) electrons. The molecule has 7 aromatic carbocycles. The molecule has 11 atom stereocenters. The second-order valence-corrected chi connectivity index (χ2v) is 26.1. The van der Waals surface area contributed by atoms with E-state index in [0.717, 1.165) is 32.6 Å². The molecule has 0 bridgehead atoms. The second kappa shape index (κ2) is 30.0. The van der Waals surface area contributed by atoms with Crippen LogP contribution in [0.1, 0.15) is 60.3 Å². The number of hydrogen-bond donors (Lipinski definition) is 0. The average Bonchev–Trinajstić information content (AvgIpc) is 2.85. The monoisotopic (exact) mass is 1150 g/mol. The van der Waals surface area contributed by atoms with Gasteiger partial charge in [0.2, 0.25) is 0 Å². The number of ether oxygens (including phenoxy) is 10. The summed E-state index contributed by atoms with van der Waals surface area (Å²) in [4.78, 5) is 17.9. The lowest BCUT2D eigenvalue weighted by Gasteiger charge is -2.50. The van der Waals surface area contributed by atoms with Crippen LogP contribution in [0.4, 0.5) is 0 Å². The van der Waals surface area contributed by atoms with E-state index >= 15 is 0 Å². The largest absolute Gasteiger partial charge is 0.497 e. The van der Waals surface area contributed by atoms with E-state index in [1.165, 1.54) is 0 Å². The third kappa shape index (κ3) is 15.5. The Bertz CT molecular complexity index is 3100. The summed E-state index contributed by atoms with van der Waals surface area (Å²) in [5, 5.41) is 6.17. The Morgan fingerprint density at radius 2 is 1.06 bits per heavy atom. The third-order valence-electron chi connectivity index (χ3n) is 15.1. The first-order chi connectivity index (χ1) is 41.0. The van der Waals surface area contributed by atoms with Crippen LogP contribution in [0.25, 0.3) is 10.4 Å². The SMILES string of the molecule is C=C[C@H](C)O[C@@H]1O[C@H](COCc2ccccc2)[C@@H](O[C@H]2O[C@H](CO[Si](c3ccccc3)(c3ccccc3)C(C)(C)C)[C@@H](OCc3ccc(OC)cc3)[C@H](OCc3ccccc3)[C@H]2N=[N+]=[N-])[C@H](OCc2ccccc2)[C@H]1OC(=O)c1ccccc1. The molecule has 2 aliphatic rings. The van der Waals surface area contributed by atoms with Gasteiger partial charge in [-0.2, -0.15) is 0 Å². The molecule has 0 N–H and O–H groups in total. The van der Waals surface area contributed by atoms with Crippen LogP contribution in [0.5, 0.6) is 5.75 Å². The zero-order chi connectivity index (χ0) is 58.7. The Hall–Kier alpha value is -7.28. The maximum Gasteiger partial charge on any atom is 0.338 e. The van der Waals surface area contributed by atoms with Crippen molar-refractivity contribution < 1.29 is 56.6 Å². The summed E-state index contributed by atoms with van der Waals surface area (Å²) < 4.78 is 75.8. The topological polar surface area (TPSA) is 167 Å². The molecule has 7 aromatic rings. The van der Waals surface area contributed by atoms with Crippen molar-refractivity contribution in [2.45, 2.75) is 127 Å². The first-order valence-electron chi connectivity index (χ1n) is 28.4. The zero-order valence-corrected chi connectivity index (χ0v) is 49.2. The number of rotatable bonds is 27. The molecule has 0 spiro atoms. The molecular formula is C68H75N3O12Si. The number of methoxy groups -OCH3 is 1. The third-order valence-corrected chi connectivity index (χ3v) is 20.1. The predicted molar refractivity (Wildman–Crippen MR) is 323 cm³/mol. The molecule has 9 rings (SSSR count). The Balaban J connectivity index is 1.18. The van der Waals surface area contributed by atoms with Gasteiger partial charge in [-0.05, 0) is 74.4 Å². The van der Waals surface area contributed by atoms with Gasteiger partial charge in [-0.25, -0.2) is 4.79 Å². The van der Waals surface area contributed by atoms with E-state index in [4.69, 9.17) is 51.8 Å². The van der Waals surface area contributed by atoms with Crippen molar-refractivity contribution in [3.63, 3.8) is 0 Å². The lowest BCUT2D eigenvalue weighted by atomic mass is 9.95. The molecule has 0 aliphatic carbocycles. The van der Waals surface area contributed by atoms with E-state index in [2.05, 4.69) is 61.6 Å². The van der Waals surface area contributed by atoms with Crippen LogP contribution in [-0.4, -0.2) is 102 Å². The van der Waals surface area contributed by atoms with Gasteiger partial charge in [0.15, 0.2) is 18.7 Å². The Labute approximate surface area is 494 Å². The van der Waals surface area contributed by atoms with Gasteiger partial charge in [0.25, 0.3) is 8.32 Å². The fraction of sp³-hybridized carbons (Fsp3) is 0.338. The van der Waals surface area contributed by atoms with Gasteiger partial charge >= 0.3 is 5.97 Å². The van der Waals surface area contributed by atoms with Gasteiger partial charge in [-0.1, -0.05) is 214 Å². The van der Waals surface area contributed by atoms with Crippen molar-refractivity contribution in [2.75, 3.05) is 20.3 Å². The normalized spacial score (nSPS) is 22.9. The van der Waals surface area contributed by atoms with Crippen molar-refractivity contribution >= 4 is 24.7 Å². The van der Waals surface area contributed by atoms with Crippen LogP contribution >= 0.6 is 0 Å². The van der Waals surface area contributed by atoms with E-state index in [-0.39, 0.29) is 39.6 Å². The van der Waals surface area contributed by atoms with Crippen molar-refractivity contribution in [3.05, 3.63) is 257 Å². The van der Waals surface area contributed by atoms with E-state index in [9.17, 15) is 10.3 Å². The summed E-state index contributed by atoms with van der Waals surface area (Å²) in [6.07, 6.45) is -9.17. The number of carbonyl (C=O) groups is 1. The molecule has 2 fully saturated rings. The van der Waals surface area contributed by atoms with Crippen LogP contribution < -0.4 is 15.1 Å². The number of azide groups is 1. The Kier molecular flexibility index (Phi) is 21.9. The van der Waals surface area contributed by atoms with Gasteiger partial charge in [-0.3, -0.25) is 0 Å². The molecule has 2 saturated heterocycles. The first kappa shape index (κ1) is 61.3. The van der Waals surface area contributed by atoms with Crippen molar-refractivity contribution in [2.24, 2.45) is 5.11 Å². The molecule has 2 heterocycles. The standard InChI is InChI=1S/C68H75N3O12Si/c1-7-48(2)79-67-64(82-65(72)53-32-20-11-21-33-53)63(77-44-51-30-18-10-19-31-51)61(57(81-67)46-74-42-49-26-14-8-15-27-49)83-66-59(70-71-69)62(76-43-50-28-16-9-17-29-50)60(75-45-52-38-40-54(73-6)41-39-52)58(80-66)47-78-84(68(3,4)5,55-34-22-12-23-35-55)56-36-24-13-25-37-56/h7-41,48,57-64,66-67H,1,42-47H2,2-6H3/t48-,57+,58+,59+,60+,61+,62+,63-,64+,66+,67+/m0/s1. The lowest BCUT2D eigenvalue weighted by Crippen LogP contribution is -2.69. The highest BCUT2D eigenvalue weighted by molar-refractivity contribution is 6.99. The molecule has 15 nitrogen and oxygen atoms in total. The zero-order valence-electron chi connectivity index (χ0n) is 48.2. The molecule has 438 valence electrons. The summed E-state index contributed by atoms with van der Waals surface area (Å²) >= 11 is 0. The molecule has 0 aromatic heterocycles. The first-order valence-corrected chi connectivity index (χ1v) is 30.4. The van der Waals surface area contributed by atoms with Crippen LogP contribution in [0.2, 0.25) is 5.04 Å². The molecule has 84 heavy (non-hydrogen) atoms. The van der Waals surface area contributed by atoms with Gasteiger partial charge < -0.3 is 51.8 Å². The number of nitrogens with zero attached hydrogens (tertiary/aromatic N) is 3. The molecule has 0 amide bonds. The van der Waals surface area contributed by atoms with Crippen LogP contribution in [-0.2, 0) is 73.5 Å². The van der Waals surface area contributed by atoms with Crippen LogP contribution in [0.15, 0.2) is 224 Å². The molecule has 0 unspecified atom stereocenters. The minimum absolute atomic E-state index is 0.0278. The van der Waals surface area contributed by atoms with Crippen molar-refractivity contribution in [1.82, 2.24) is 0 Å². The molecule has 16 heteroatoms. The average molecular weight is 1150 g/mol. The highest BCUT2D eigenvalue weighted by Crippen LogP contribution is 2.40. The van der Waals surface area contributed by atoms with Crippen LogP contribution in [0, 0.1) is 0 Å². The number of benzene rings is 7. The number of carbonyl (C=O) groups excluding carboxylic acids is 1. The van der Waals surface area contributed by atoms with Crippen molar-refractivity contribution in [1.29, 1.82) is 0 Å².